The Hall–Kier alpha value is -3.75. The fourth-order valence-corrected chi connectivity index (χ4v) is 4.71. The number of urea groups is 1. The molecule has 9 heteroatoms. The average Bonchev–Trinajstić information content (AvgIpc) is 2.75. The number of non-ortho nitro benzene ring substituents is 1. The second-order valence-electron chi connectivity index (χ2n) is 7.86. The molecule has 1 spiro atoms. The third-order valence-electron chi connectivity index (χ3n) is 6.04. The summed E-state index contributed by atoms with van der Waals surface area (Å²) in [6, 6.07) is 12.2. The van der Waals surface area contributed by atoms with Gasteiger partial charge < -0.3 is 4.90 Å². The Balaban J connectivity index is 1.95. The van der Waals surface area contributed by atoms with Crippen LogP contribution in [0, 0.1) is 15.5 Å². The van der Waals surface area contributed by atoms with Crippen LogP contribution in [0.3, 0.4) is 0 Å². The molecular weight excluding hydrogens is 400 g/mol. The van der Waals surface area contributed by atoms with Gasteiger partial charge in [-0.3, -0.25) is 29.9 Å². The van der Waals surface area contributed by atoms with Gasteiger partial charge in [-0.05, 0) is 23.6 Å². The van der Waals surface area contributed by atoms with Crippen molar-refractivity contribution in [3.63, 3.8) is 0 Å². The predicted octanol–water partition coefficient (Wildman–Crippen LogP) is 2.80. The molecule has 2 aliphatic rings. The Morgan fingerprint density at radius 3 is 2.52 bits per heavy atom. The molecule has 2 aromatic carbocycles. The van der Waals surface area contributed by atoms with E-state index in [0.717, 1.165) is 10.5 Å². The largest absolute Gasteiger partial charge is 0.366 e. The highest BCUT2D eigenvalue weighted by molar-refractivity contribution is 6.20. The summed E-state index contributed by atoms with van der Waals surface area (Å²) in [7, 11) is 1.75. The van der Waals surface area contributed by atoms with Crippen molar-refractivity contribution in [2.45, 2.75) is 25.8 Å². The normalized spacial score (nSPS) is 23.0. The fraction of sp³-hybridized carbons (Fsp3) is 0.318. The van der Waals surface area contributed by atoms with Crippen LogP contribution in [0.4, 0.5) is 16.2 Å². The number of fused-ring (bicyclic) bond motifs is 1. The van der Waals surface area contributed by atoms with E-state index in [-0.39, 0.29) is 18.7 Å². The summed E-state index contributed by atoms with van der Waals surface area (Å²) < 4.78 is 0. The zero-order chi connectivity index (χ0) is 22.3. The molecule has 0 bridgehead atoms. The van der Waals surface area contributed by atoms with Crippen LogP contribution in [0.5, 0.6) is 0 Å². The first-order valence-electron chi connectivity index (χ1n) is 10.0. The zero-order valence-corrected chi connectivity index (χ0v) is 17.2. The summed E-state index contributed by atoms with van der Waals surface area (Å²) in [6.45, 7) is 2.01. The van der Waals surface area contributed by atoms with Gasteiger partial charge in [-0.15, -0.1) is 0 Å². The summed E-state index contributed by atoms with van der Waals surface area (Å²) >= 11 is 0. The topological polar surface area (TPSA) is 113 Å². The lowest BCUT2D eigenvalue weighted by molar-refractivity contribution is -0.384. The van der Waals surface area contributed by atoms with E-state index in [1.807, 2.05) is 37.3 Å². The maximum absolute atomic E-state index is 13.8. The van der Waals surface area contributed by atoms with Crippen LogP contribution >= 0.6 is 0 Å². The Labute approximate surface area is 178 Å². The molecule has 4 rings (SSSR count). The van der Waals surface area contributed by atoms with Crippen LogP contribution in [0.1, 0.15) is 30.5 Å². The first kappa shape index (κ1) is 20.5. The van der Waals surface area contributed by atoms with E-state index in [9.17, 15) is 24.5 Å². The van der Waals surface area contributed by atoms with E-state index in [1.54, 1.807) is 18.0 Å². The smallest absolute Gasteiger partial charge is 0.330 e. The molecule has 2 heterocycles. The molecule has 2 aromatic rings. The highest BCUT2D eigenvalue weighted by Crippen LogP contribution is 2.51. The lowest BCUT2D eigenvalue weighted by Crippen LogP contribution is -2.69. The van der Waals surface area contributed by atoms with Crippen LogP contribution in [-0.2, 0) is 16.0 Å². The molecule has 160 valence electrons. The molecule has 4 amide bonds. The molecule has 0 radical (unpaired) electrons. The summed E-state index contributed by atoms with van der Waals surface area (Å²) in [5.41, 5.74) is 0.193. The first-order chi connectivity index (χ1) is 14.8. The predicted molar refractivity (Wildman–Crippen MR) is 112 cm³/mol. The minimum Gasteiger partial charge on any atom is -0.366 e. The number of hydrogen-bond donors (Lipinski definition) is 1. The lowest BCUT2D eigenvalue weighted by Gasteiger charge is -2.51. The molecule has 1 N–H and O–H groups in total. The molecular formula is C22H22N4O5. The van der Waals surface area contributed by atoms with Crippen molar-refractivity contribution >= 4 is 29.2 Å². The van der Waals surface area contributed by atoms with Gasteiger partial charge in [0.1, 0.15) is 0 Å². The zero-order valence-electron chi connectivity index (χ0n) is 17.2. The van der Waals surface area contributed by atoms with E-state index >= 15 is 0 Å². The standard InChI is InChI=1S/C22H22N4O5/c1-3-11-25-20(28)22(19(27)23-21(25)29)13-15-12-16(26(30)31)9-10-17(15)24(2)18(22)14-7-5-4-6-8-14/h4-10,12,18H,3,11,13H2,1-2H3,(H,23,27,29)/t18-,22+/m0/s1. The first-order valence-corrected chi connectivity index (χ1v) is 10.0. The Morgan fingerprint density at radius 2 is 1.87 bits per heavy atom. The quantitative estimate of drug-likeness (QED) is 0.461. The van der Waals surface area contributed by atoms with Crippen molar-refractivity contribution in [2.75, 3.05) is 18.5 Å². The van der Waals surface area contributed by atoms with Crippen LogP contribution in [0.25, 0.3) is 0 Å². The SMILES string of the molecule is CCCN1C(=O)NC(=O)[C@]2(Cc3cc([N+](=O)[O-])ccc3N(C)[C@H]2c2ccccc2)C1=O. The average molecular weight is 422 g/mol. The molecule has 2 aliphatic heterocycles. The van der Waals surface area contributed by atoms with Gasteiger partial charge in [-0.25, -0.2) is 4.79 Å². The molecule has 31 heavy (non-hydrogen) atoms. The van der Waals surface area contributed by atoms with Crippen molar-refractivity contribution in [1.82, 2.24) is 10.2 Å². The highest BCUT2D eigenvalue weighted by Gasteiger charge is 2.62. The molecule has 0 aromatic heterocycles. The number of barbiturate groups is 1. The second-order valence-corrected chi connectivity index (χ2v) is 7.86. The van der Waals surface area contributed by atoms with E-state index in [0.29, 0.717) is 17.7 Å². The van der Waals surface area contributed by atoms with E-state index < -0.39 is 34.2 Å². The number of nitro groups is 1. The summed E-state index contributed by atoms with van der Waals surface area (Å²) in [4.78, 5) is 53.2. The van der Waals surface area contributed by atoms with Crippen molar-refractivity contribution in [3.05, 3.63) is 69.8 Å². The molecule has 0 aliphatic carbocycles. The number of imide groups is 2. The van der Waals surface area contributed by atoms with Gasteiger partial charge in [0.2, 0.25) is 11.8 Å². The molecule has 0 unspecified atom stereocenters. The Bertz CT molecular complexity index is 1090. The number of amides is 4. The summed E-state index contributed by atoms with van der Waals surface area (Å²) in [5.74, 6) is -1.27. The van der Waals surface area contributed by atoms with E-state index in [2.05, 4.69) is 5.32 Å². The van der Waals surface area contributed by atoms with Gasteiger partial charge in [-0.2, -0.15) is 0 Å². The molecule has 1 fully saturated rings. The minimum atomic E-state index is -1.64. The molecule has 0 saturated carbocycles. The maximum atomic E-state index is 13.8. The van der Waals surface area contributed by atoms with Crippen molar-refractivity contribution in [1.29, 1.82) is 0 Å². The van der Waals surface area contributed by atoms with Crippen LogP contribution in [0.15, 0.2) is 48.5 Å². The molecule has 9 nitrogen and oxygen atoms in total. The lowest BCUT2D eigenvalue weighted by atomic mass is 9.66. The van der Waals surface area contributed by atoms with Crippen molar-refractivity contribution < 1.29 is 19.3 Å². The number of nitrogens with zero attached hydrogens (tertiary/aromatic N) is 3. The van der Waals surface area contributed by atoms with Gasteiger partial charge in [-0.1, -0.05) is 37.3 Å². The number of nitro benzene ring substituents is 1. The number of benzene rings is 2. The van der Waals surface area contributed by atoms with Crippen molar-refractivity contribution in [2.24, 2.45) is 5.41 Å². The number of carbonyl (C=O) groups is 3. The third kappa shape index (κ3) is 3.04. The Kier molecular flexibility index (Phi) is 4.96. The van der Waals surface area contributed by atoms with Gasteiger partial charge in [0.15, 0.2) is 5.41 Å². The van der Waals surface area contributed by atoms with Gasteiger partial charge >= 0.3 is 6.03 Å². The maximum Gasteiger partial charge on any atom is 0.330 e. The number of nitrogens with one attached hydrogen (secondary N) is 1. The van der Waals surface area contributed by atoms with Gasteiger partial charge in [0, 0.05) is 37.8 Å². The Morgan fingerprint density at radius 1 is 1.16 bits per heavy atom. The van der Waals surface area contributed by atoms with Crippen LogP contribution < -0.4 is 10.2 Å². The fourth-order valence-electron chi connectivity index (χ4n) is 4.71. The highest BCUT2D eigenvalue weighted by atomic mass is 16.6. The minimum absolute atomic E-state index is 0.0495. The van der Waals surface area contributed by atoms with Crippen LogP contribution in [0.2, 0.25) is 0 Å². The molecule has 2 atom stereocenters. The van der Waals surface area contributed by atoms with E-state index in [1.165, 1.54) is 12.1 Å². The number of rotatable bonds is 4. The van der Waals surface area contributed by atoms with Gasteiger partial charge in [0.25, 0.3) is 5.69 Å². The number of anilines is 1. The monoisotopic (exact) mass is 422 g/mol. The molecule has 1 saturated heterocycles. The van der Waals surface area contributed by atoms with Crippen molar-refractivity contribution in [3.8, 4) is 0 Å². The summed E-state index contributed by atoms with van der Waals surface area (Å²) in [5, 5.41) is 13.7. The van der Waals surface area contributed by atoms with Crippen LogP contribution in [-0.4, -0.2) is 41.3 Å². The number of carbonyl (C=O) groups excluding carboxylic acids is 3. The van der Waals surface area contributed by atoms with Gasteiger partial charge in [0.05, 0.1) is 11.0 Å². The second kappa shape index (κ2) is 7.50. The number of hydrogen-bond acceptors (Lipinski definition) is 6. The third-order valence-corrected chi connectivity index (χ3v) is 6.04. The van der Waals surface area contributed by atoms with E-state index in [4.69, 9.17) is 0 Å². The summed E-state index contributed by atoms with van der Waals surface area (Å²) in [6.07, 6.45) is 0.489.